The number of nitrogens with zero attached hydrogens (tertiary/aromatic N) is 1. The topological polar surface area (TPSA) is 37.0 Å². The SMILES string of the molecule is CCNCc1cc(NCC(C)C)ccn1. The van der Waals surface area contributed by atoms with Gasteiger partial charge in [0.1, 0.15) is 0 Å². The lowest BCUT2D eigenvalue weighted by Gasteiger charge is -2.10. The molecule has 1 aromatic heterocycles. The molecule has 0 unspecified atom stereocenters. The van der Waals surface area contributed by atoms with E-state index in [2.05, 4.69) is 42.5 Å². The van der Waals surface area contributed by atoms with Gasteiger partial charge < -0.3 is 10.6 Å². The molecule has 0 radical (unpaired) electrons. The third-order valence-corrected chi connectivity index (χ3v) is 2.09. The molecule has 0 spiro atoms. The van der Waals surface area contributed by atoms with Crippen LogP contribution >= 0.6 is 0 Å². The van der Waals surface area contributed by atoms with E-state index < -0.39 is 0 Å². The van der Waals surface area contributed by atoms with Crippen molar-refractivity contribution >= 4 is 5.69 Å². The van der Waals surface area contributed by atoms with Crippen LogP contribution in [0, 0.1) is 5.92 Å². The normalized spacial score (nSPS) is 10.7. The number of hydrogen-bond acceptors (Lipinski definition) is 3. The number of pyridine rings is 1. The zero-order valence-corrected chi connectivity index (χ0v) is 9.88. The molecule has 0 aliphatic heterocycles. The van der Waals surface area contributed by atoms with Gasteiger partial charge in [-0.25, -0.2) is 0 Å². The molecule has 1 aromatic rings. The summed E-state index contributed by atoms with van der Waals surface area (Å²) < 4.78 is 0. The van der Waals surface area contributed by atoms with Crippen molar-refractivity contribution in [3.8, 4) is 0 Å². The summed E-state index contributed by atoms with van der Waals surface area (Å²) in [6, 6.07) is 4.11. The van der Waals surface area contributed by atoms with Crippen LogP contribution in [0.3, 0.4) is 0 Å². The Morgan fingerprint density at radius 1 is 1.40 bits per heavy atom. The second kappa shape index (κ2) is 6.40. The third-order valence-electron chi connectivity index (χ3n) is 2.09. The quantitative estimate of drug-likeness (QED) is 0.751. The van der Waals surface area contributed by atoms with Crippen molar-refractivity contribution in [3.63, 3.8) is 0 Å². The summed E-state index contributed by atoms with van der Waals surface area (Å²) in [5.74, 6) is 0.662. The van der Waals surface area contributed by atoms with Gasteiger partial charge in [-0.05, 0) is 24.6 Å². The summed E-state index contributed by atoms with van der Waals surface area (Å²) in [4.78, 5) is 4.30. The summed E-state index contributed by atoms with van der Waals surface area (Å²) >= 11 is 0. The van der Waals surface area contributed by atoms with Crippen LogP contribution in [0.5, 0.6) is 0 Å². The molecule has 1 heterocycles. The molecule has 0 aromatic carbocycles. The predicted molar refractivity (Wildman–Crippen MR) is 64.9 cm³/mol. The van der Waals surface area contributed by atoms with Gasteiger partial charge in [-0.15, -0.1) is 0 Å². The van der Waals surface area contributed by atoms with Crippen LogP contribution in [0.2, 0.25) is 0 Å². The van der Waals surface area contributed by atoms with E-state index in [9.17, 15) is 0 Å². The summed E-state index contributed by atoms with van der Waals surface area (Å²) in [6.07, 6.45) is 1.86. The first kappa shape index (κ1) is 12.0. The van der Waals surface area contributed by atoms with Gasteiger partial charge in [-0.2, -0.15) is 0 Å². The Hall–Kier alpha value is -1.09. The predicted octanol–water partition coefficient (Wildman–Crippen LogP) is 2.26. The molecule has 0 bridgehead atoms. The molecule has 0 atom stereocenters. The van der Waals surface area contributed by atoms with Crippen molar-refractivity contribution in [1.29, 1.82) is 0 Å². The van der Waals surface area contributed by atoms with Crippen molar-refractivity contribution in [2.45, 2.75) is 27.3 Å². The van der Waals surface area contributed by atoms with E-state index in [0.717, 1.165) is 31.0 Å². The monoisotopic (exact) mass is 207 g/mol. The second-order valence-electron chi connectivity index (χ2n) is 4.09. The Balaban J connectivity index is 2.50. The van der Waals surface area contributed by atoms with Gasteiger partial charge in [0.05, 0.1) is 5.69 Å². The maximum atomic E-state index is 4.30. The number of anilines is 1. The standard InChI is InChI=1S/C12H21N3/c1-4-13-9-12-7-11(5-6-14-12)15-8-10(2)3/h5-7,10,13H,4,8-9H2,1-3H3,(H,14,15). The van der Waals surface area contributed by atoms with Gasteiger partial charge in [-0.3, -0.25) is 4.98 Å². The zero-order valence-electron chi connectivity index (χ0n) is 9.88. The highest BCUT2D eigenvalue weighted by molar-refractivity contribution is 5.43. The molecule has 3 heteroatoms. The van der Waals surface area contributed by atoms with Crippen molar-refractivity contribution < 1.29 is 0 Å². The molecule has 0 saturated carbocycles. The molecule has 84 valence electrons. The lowest BCUT2D eigenvalue weighted by Crippen LogP contribution is -2.13. The molecule has 0 saturated heterocycles. The van der Waals surface area contributed by atoms with E-state index in [1.807, 2.05) is 12.3 Å². The fourth-order valence-corrected chi connectivity index (χ4v) is 1.26. The minimum absolute atomic E-state index is 0.662. The summed E-state index contributed by atoms with van der Waals surface area (Å²) in [5.41, 5.74) is 2.25. The first-order valence-electron chi connectivity index (χ1n) is 5.62. The number of hydrogen-bond donors (Lipinski definition) is 2. The van der Waals surface area contributed by atoms with E-state index >= 15 is 0 Å². The molecule has 3 nitrogen and oxygen atoms in total. The van der Waals surface area contributed by atoms with Crippen LogP contribution in [0.1, 0.15) is 26.5 Å². The number of aromatic nitrogens is 1. The first-order chi connectivity index (χ1) is 7.22. The molecular weight excluding hydrogens is 186 g/mol. The van der Waals surface area contributed by atoms with E-state index in [1.54, 1.807) is 0 Å². The molecule has 0 amide bonds. The number of rotatable bonds is 6. The molecule has 0 fully saturated rings. The Morgan fingerprint density at radius 3 is 2.87 bits per heavy atom. The van der Waals surface area contributed by atoms with Gasteiger partial charge in [0.15, 0.2) is 0 Å². The van der Waals surface area contributed by atoms with Crippen LogP contribution in [0.25, 0.3) is 0 Å². The van der Waals surface area contributed by atoms with Crippen LogP contribution in [0.15, 0.2) is 18.3 Å². The lowest BCUT2D eigenvalue weighted by atomic mass is 10.2. The number of nitrogens with one attached hydrogen (secondary N) is 2. The average Bonchev–Trinajstić information content (AvgIpc) is 2.24. The maximum absolute atomic E-state index is 4.30. The smallest absolute Gasteiger partial charge is 0.0562 e. The summed E-state index contributed by atoms with van der Waals surface area (Å²) in [6.45, 7) is 9.33. The summed E-state index contributed by atoms with van der Waals surface area (Å²) in [5, 5.41) is 6.66. The first-order valence-corrected chi connectivity index (χ1v) is 5.62. The largest absolute Gasteiger partial charge is 0.385 e. The highest BCUT2D eigenvalue weighted by atomic mass is 14.9. The maximum Gasteiger partial charge on any atom is 0.0562 e. The molecule has 0 aliphatic rings. The highest BCUT2D eigenvalue weighted by Gasteiger charge is 1.97. The van der Waals surface area contributed by atoms with E-state index in [4.69, 9.17) is 0 Å². The Morgan fingerprint density at radius 2 is 2.20 bits per heavy atom. The van der Waals surface area contributed by atoms with Gasteiger partial charge in [0.2, 0.25) is 0 Å². The highest BCUT2D eigenvalue weighted by Crippen LogP contribution is 2.08. The Kier molecular flexibility index (Phi) is 5.12. The van der Waals surface area contributed by atoms with Crippen molar-refractivity contribution in [1.82, 2.24) is 10.3 Å². The lowest BCUT2D eigenvalue weighted by molar-refractivity contribution is 0.687. The van der Waals surface area contributed by atoms with E-state index in [-0.39, 0.29) is 0 Å². The molecular formula is C12H21N3. The van der Waals surface area contributed by atoms with Gasteiger partial charge in [0.25, 0.3) is 0 Å². The van der Waals surface area contributed by atoms with E-state index in [1.165, 1.54) is 0 Å². The third kappa shape index (κ3) is 4.79. The Labute approximate surface area is 92.3 Å². The average molecular weight is 207 g/mol. The fourth-order valence-electron chi connectivity index (χ4n) is 1.26. The fraction of sp³-hybridized carbons (Fsp3) is 0.583. The summed E-state index contributed by atoms with van der Waals surface area (Å²) in [7, 11) is 0. The van der Waals surface area contributed by atoms with Crippen LogP contribution in [-0.2, 0) is 6.54 Å². The van der Waals surface area contributed by atoms with Crippen LogP contribution in [0.4, 0.5) is 5.69 Å². The van der Waals surface area contributed by atoms with Gasteiger partial charge >= 0.3 is 0 Å². The minimum Gasteiger partial charge on any atom is -0.385 e. The van der Waals surface area contributed by atoms with Crippen LogP contribution < -0.4 is 10.6 Å². The molecule has 2 N–H and O–H groups in total. The van der Waals surface area contributed by atoms with Crippen LogP contribution in [-0.4, -0.2) is 18.1 Å². The van der Waals surface area contributed by atoms with Crippen molar-refractivity contribution in [2.24, 2.45) is 5.92 Å². The molecule has 0 aliphatic carbocycles. The minimum atomic E-state index is 0.662. The molecule has 1 rings (SSSR count). The van der Waals surface area contributed by atoms with E-state index in [0.29, 0.717) is 5.92 Å². The molecule has 15 heavy (non-hydrogen) atoms. The van der Waals surface area contributed by atoms with Crippen molar-refractivity contribution in [2.75, 3.05) is 18.4 Å². The zero-order chi connectivity index (χ0) is 11.1. The van der Waals surface area contributed by atoms with Crippen molar-refractivity contribution in [3.05, 3.63) is 24.0 Å². The van der Waals surface area contributed by atoms with Gasteiger partial charge in [-0.1, -0.05) is 20.8 Å². The second-order valence-corrected chi connectivity index (χ2v) is 4.09. The Bertz CT molecular complexity index is 284. The van der Waals surface area contributed by atoms with Gasteiger partial charge in [0, 0.05) is 25.0 Å².